The summed E-state index contributed by atoms with van der Waals surface area (Å²) in [5.41, 5.74) is 1.74. The zero-order valence-electron chi connectivity index (χ0n) is 14.6. The number of ether oxygens (including phenoxy) is 3. The van der Waals surface area contributed by atoms with Gasteiger partial charge >= 0.3 is 0 Å². The Kier molecular flexibility index (Phi) is 6.21. The van der Waals surface area contributed by atoms with Crippen LogP contribution in [0.25, 0.3) is 0 Å². The number of aliphatic hydroxyl groups is 1. The van der Waals surface area contributed by atoms with Gasteiger partial charge < -0.3 is 19.3 Å². The Hall–Kier alpha value is -1.72. The summed E-state index contributed by atoms with van der Waals surface area (Å²) in [5.74, 6) is 0. The van der Waals surface area contributed by atoms with Crippen LogP contribution in [-0.4, -0.2) is 29.7 Å². The van der Waals surface area contributed by atoms with Crippen molar-refractivity contribution in [1.29, 1.82) is 0 Å². The zero-order valence-corrected chi connectivity index (χ0v) is 14.6. The zero-order chi connectivity index (χ0) is 17.5. The fourth-order valence-corrected chi connectivity index (χ4v) is 3.02. The number of rotatable bonds is 7. The lowest BCUT2D eigenvalue weighted by Crippen LogP contribution is -2.48. The molecule has 0 bridgehead atoms. The van der Waals surface area contributed by atoms with Crippen LogP contribution in [0.5, 0.6) is 0 Å². The summed E-state index contributed by atoms with van der Waals surface area (Å²) in [4.78, 5) is 0. The van der Waals surface area contributed by atoms with Crippen LogP contribution in [0.1, 0.15) is 30.9 Å². The second kappa shape index (κ2) is 8.59. The largest absolute Gasteiger partial charge is 0.374 e. The first-order valence-corrected chi connectivity index (χ1v) is 8.78. The molecule has 1 fully saturated rings. The third kappa shape index (κ3) is 5.38. The van der Waals surface area contributed by atoms with Crippen molar-refractivity contribution in [3.63, 3.8) is 0 Å². The minimum atomic E-state index is -0.928. The molecule has 1 aliphatic heterocycles. The maximum absolute atomic E-state index is 10.3. The van der Waals surface area contributed by atoms with Crippen LogP contribution in [0.2, 0.25) is 0 Å². The first-order chi connectivity index (χ1) is 12.1. The van der Waals surface area contributed by atoms with Gasteiger partial charge in [-0.3, -0.25) is 0 Å². The Morgan fingerprint density at radius 2 is 1.60 bits per heavy atom. The van der Waals surface area contributed by atoms with Crippen molar-refractivity contribution < 1.29 is 19.3 Å². The highest BCUT2D eigenvalue weighted by Gasteiger charge is 2.38. The molecular weight excluding hydrogens is 316 g/mol. The van der Waals surface area contributed by atoms with Gasteiger partial charge in [-0.1, -0.05) is 60.7 Å². The normalized spacial score (nSPS) is 26.5. The monoisotopic (exact) mass is 342 g/mol. The van der Waals surface area contributed by atoms with Gasteiger partial charge in [0.05, 0.1) is 25.4 Å². The van der Waals surface area contributed by atoms with Gasteiger partial charge in [-0.2, -0.15) is 0 Å². The molecule has 0 amide bonds. The molecule has 0 saturated carbocycles. The molecule has 134 valence electrons. The third-order valence-electron chi connectivity index (χ3n) is 4.51. The van der Waals surface area contributed by atoms with E-state index in [2.05, 4.69) is 0 Å². The molecule has 3 rings (SSSR count). The van der Waals surface area contributed by atoms with Crippen LogP contribution in [0.15, 0.2) is 60.7 Å². The Balaban J connectivity index is 1.43. The van der Waals surface area contributed by atoms with E-state index in [0.29, 0.717) is 19.8 Å². The van der Waals surface area contributed by atoms with Gasteiger partial charge in [-0.15, -0.1) is 0 Å². The molecule has 1 heterocycles. The van der Waals surface area contributed by atoms with Crippen LogP contribution in [-0.2, 0) is 27.4 Å². The van der Waals surface area contributed by atoms with Crippen LogP contribution in [0, 0.1) is 0 Å². The van der Waals surface area contributed by atoms with Crippen molar-refractivity contribution in [3.8, 4) is 0 Å². The maximum atomic E-state index is 10.3. The molecule has 3 unspecified atom stereocenters. The molecule has 1 saturated heterocycles. The average molecular weight is 342 g/mol. The number of benzene rings is 2. The van der Waals surface area contributed by atoms with Gasteiger partial charge in [-0.05, 0) is 30.9 Å². The van der Waals surface area contributed by atoms with Gasteiger partial charge in [0.1, 0.15) is 6.10 Å². The molecular formula is C21H26O4. The molecule has 0 aliphatic carbocycles. The Bertz CT molecular complexity index is 631. The standard InChI is InChI=1S/C21H26O4/c1-21(16-23-14-17-8-4-2-5-9-17)13-12-19(20(22)25-21)24-15-18-10-6-3-7-11-18/h2-11,19-20,22H,12-16H2,1H3. The quantitative estimate of drug-likeness (QED) is 0.834. The number of hydrogen-bond donors (Lipinski definition) is 1. The van der Waals surface area contributed by atoms with Gasteiger partial charge in [0.15, 0.2) is 6.29 Å². The predicted molar refractivity (Wildman–Crippen MR) is 95.8 cm³/mol. The lowest BCUT2D eigenvalue weighted by atomic mass is 9.94. The highest BCUT2D eigenvalue weighted by Crippen LogP contribution is 2.30. The summed E-state index contributed by atoms with van der Waals surface area (Å²) in [5, 5.41) is 10.3. The van der Waals surface area contributed by atoms with Crippen molar-refractivity contribution in [2.24, 2.45) is 0 Å². The van der Waals surface area contributed by atoms with E-state index < -0.39 is 11.9 Å². The molecule has 0 radical (unpaired) electrons. The minimum absolute atomic E-state index is 0.303. The first kappa shape index (κ1) is 18.1. The third-order valence-corrected chi connectivity index (χ3v) is 4.51. The van der Waals surface area contributed by atoms with Gasteiger partial charge in [0.2, 0.25) is 0 Å². The molecule has 4 heteroatoms. The van der Waals surface area contributed by atoms with Gasteiger partial charge in [-0.25, -0.2) is 0 Å². The SMILES string of the molecule is CC1(COCc2ccccc2)CCC(OCc2ccccc2)C(O)O1. The molecule has 1 N–H and O–H groups in total. The lowest BCUT2D eigenvalue weighted by Gasteiger charge is -2.40. The molecule has 0 aromatic heterocycles. The molecule has 0 spiro atoms. The van der Waals surface area contributed by atoms with Crippen molar-refractivity contribution in [2.45, 2.75) is 51.0 Å². The van der Waals surface area contributed by atoms with E-state index in [4.69, 9.17) is 14.2 Å². The molecule has 3 atom stereocenters. The highest BCUT2D eigenvalue weighted by atomic mass is 16.7. The summed E-state index contributed by atoms with van der Waals surface area (Å²) in [7, 11) is 0. The second-order valence-electron chi connectivity index (χ2n) is 6.81. The molecule has 2 aromatic rings. The fraction of sp³-hybridized carbons (Fsp3) is 0.429. The van der Waals surface area contributed by atoms with E-state index in [0.717, 1.165) is 24.0 Å². The smallest absolute Gasteiger partial charge is 0.181 e. The topological polar surface area (TPSA) is 47.9 Å². The maximum Gasteiger partial charge on any atom is 0.181 e. The summed E-state index contributed by atoms with van der Waals surface area (Å²) in [6, 6.07) is 20.0. The molecule has 25 heavy (non-hydrogen) atoms. The van der Waals surface area contributed by atoms with E-state index >= 15 is 0 Å². The predicted octanol–water partition coefficient (Wildman–Crippen LogP) is 3.68. The lowest BCUT2D eigenvalue weighted by molar-refractivity contribution is -0.273. The van der Waals surface area contributed by atoms with Crippen LogP contribution in [0.3, 0.4) is 0 Å². The summed E-state index contributed by atoms with van der Waals surface area (Å²) in [6.07, 6.45) is 0.308. The van der Waals surface area contributed by atoms with Crippen molar-refractivity contribution in [2.75, 3.05) is 6.61 Å². The van der Waals surface area contributed by atoms with Gasteiger partial charge in [0.25, 0.3) is 0 Å². The van der Waals surface area contributed by atoms with E-state index in [-0.39, 0.29) is 6.10 Å². The molecule has 4 nitrogen and oxygen atoms in total. The minimum Gasteiger partial charge on any atom is -0.374 e. The Morgan fingerprint density at radius 3 is 2.20 bits per heavy atom. The van der Waals surface area contributed by atoms with Crippen LogP contribution >= 0.6 is 0 Å². The van der Waals surface area contributed by atoms with Crippen molar-refractivity contribution in [3.05, 3.63) is 71.8 Å². The molecule has 1 aliphatic rings. The van der Waals surface area contributed by atoms with Crippen LogP contribution in [0.4, 0.5) is 0 Å². The van der Waals surface area contributed by atoms with Crippen molar-refractivity contribution >= 4 is 0 Å². The van der Waals surface area contributed by atoms with Gasteiger partial charge in [0, 0.05) is 0 Å². The fourth-order valence-electron chi connectivity index (χ4n) is 3.02. The van der Waals surface area contributed by atoms with E-state index in [9.17, 15) is 5.11 Å². The number of hydrogen-bond acceptors (Lipinski definition) is 4. The Labute approximate surface area is 149 Å². The summed E-state index contributed by atoms with van der Waals surface area (Å²) in [6.45, 7) is 3.45. The van der Waals surface area contributed by atoms with E-state index in [1.165, 1.54) is 0 Å². The average Bonchev–Trinajstić information content (AvgIpc) is 2.63. The van der Waals surface area contributed by atoms with E-state index in [1.54, 1.807) is 0 Å². The number of aliphatic hydroxyl groups excluding tert-OH is 1. The highest BCUT2D eigenvalue weighted by molar-refractivity contribution is 5.14. The van der Waals surface area contributed by atoms with E-state index in [1.807, 2.05) is 67.6 Å². The Morgan fingerprint density at radius 1 is 1.00 bits per heavy atom. The first-order valence-electron chi connectivity index (χ1n) is 8.78. The molecule has 2 aromatic carbocycles. The van der Waals surface area contributed by atoms with Crippen molar-refractivity contribution in [1.82, 2.24) is 0 Å². The summed E-state index contributed by atoms with van der Waals surface area (Å²) < 4.78 is 17.4. The summed E-state index contributed by atoms with van der Waals surface area (Å²) >= 11 is 0. The van der Waals surface area contributed by atoms with Crippen LogP contribution < -0.4 is 0 Å². The second-order valence-corrected chi connectivity index (χ2v) is 6.81.